The first-order chi connectivity index (χ1) is 8.63. The summed E-state index contributed by atoms with van der Waals surface area (Å²) in [6.07, 6.45) is 1.34. The SMILES string of the molecule is C[NH+](CCCC#N)CC(=O)Nc1ccccc1Cl. The van der Waals surface area contributed by atoms with E-state index in [-0.39, 0.29) is 5.91 Å². The Balaban J connectivity index is 2.38. The number of benzene rings is 1. The maximum Gasteiger partial charge on any atom is 0.279 e. The molecule has 1 aromatic rings. The molecule has 0 aliphatic rings. The zero-order valence-corrected chi connectivity index (χ0v) is 11.1. The number of likely N-dealkylation sites (N-methyl/N-ethyl adjacent to an activating group) is 1. The van der Waals surface area contributed by atoms with E-state index in [1.54, 1.807) is 12.1 Å². The van der Waals surface area contributed by atoms with E-state index < -0.39 is 0 Å². The van der Waals surface area contributed by atoms with E-state index in [9.17, 15) is 4.79 Å². The van der Waals surface area contributed by atoms with Crippen LogP contribution in [-0.4, -0.2) is 26.0 Å². The van der Waals surface area contributed by atoms with Crippen LogP contribution in [0.1, 0.15) is 12.8 Å². The molecule has 1 unspecified atom stereocenters. The summed E-state index contributed by atoms with van der Waals surface area (Å²) < 4.78 is 0. The molecule has 2 N–H and O–H groups in total. The minimum absolute atomic E-state index is 0.0717. The summed E-state index contributed by atoms with van der Waals surface area (Å²) in [6.45, 7) is 1.18. The van der Waals surface area contributed by atoms with Crippen molar-refractivity contribution in [1.29, 1.82) is 5.26 Å². The molecule has 0 saturated carbocycles. The molecule has 0 radical (unpaired) electrons. The Kier molecular flexibility index (Phi) is 6.20. The Hall–Kier alpha value is -1.57. The predicted octanol–water partition coefficient (Wildman–Crippen LogP) is 1.10. The third-order valence-electron chi connectivity index (χ3n) is 2.50. The van der Waals surface area contributed by atoms with Gasteiger partial charge in [0.15, 0.2) is 6.54 Å². The van der Waals surface area contributed by atoms with E-state index in [1.807, 2.05) is 19.2 Å². The van der Waals surface area contributed by atoms with E-state index in [1.165, 1.54) is 0 Å². The molecular formula is C13H17ClN3O+. The third-order valence-corrected chi connectivity index (χ3v) is 2.83. The van der Waals surface area contributed by atoms with Gasteiger partial charge < -0.3 is 10.2 Å². The number of unbranched alkanes of at least 4 members (excludes halogenated alkanes) is 1. The number of carbonyl (C=O) groups is 1. The first-order valence-electron chi connectivity index (χ1n) is 5.86. The maximum absolute atomic E-state index is 11.8. The molecule has 5 heteroatoms. The summed E-state index contributed by atoms with van der Waals surface area (Å²) >= 11 is 5.95. The minimum Gasteiger partial charge on any atom is -0.330 e. The molecule has 0 spiro atoms. The normalized spacial score (nSPS) is 11.6. The number of carbonyl (C=O) groups excluding carboxylic acids is 1. The number of anilines is 1. The van der Waals surface area contributed by atoms with Gasteiger partial charge in [-0.25, -0.2) is 0 Å². The summed E-state index contributed by atoms with van der Waals surface area (Å²) in [5.74, 6) is -0.0717. The monoisotopic (exact) mass is 266 g/mol. The van der Waals surface area contributed by atoms with Gasteiger partial charge in [-0.05, 0) is 12.1 Å². The standard InChI is InChI=1S/C13H16ClN3O/c1-17(9-5-4-8-15)10-13(18)16-12-7-3-2-6-11(12)14/h2-3,6-7H,4-5,9-10H2,1H3,(H,16,18)/p+1. The lowest BCUT2D eigenvalue weighted by Gasteiger charge is -2.13. The Labute approximate surface area is 112 Å². The Morgan fingerprint density at radius 3 is 2.89 bits per heavy atom. The molecule has 0 fully saturated rings. The molecule has 1 atom stereocenters. The van der Waals surface area contributed by atoms with Crippen molar-refractivity contribution in [3.63, 3.8) is 0 Å². The lowest BCUT2D eigenvalue weighted by molar-refractivity contribution is -0.871. The molecule has 18 heavy (non-hydrogen) atoms. The van der Waals surface area contributed by atoms with Gasteiger partial charge in [0.1, 0.15) is 0 Å². The number of rotatable bonds is 6. The zero-order valence-electron chi connectivity index (χ0n) is 10.4. The van der Waals surface area contributed by atoms with Crippen LogP contribution in [0.3, 0.4) is 0 Å². The van der Waals surface area contributed by atoms with Crippen molar-refractivity contribution in [2.24, 2.45) is 0 Å². The first-order valence-corrected chi connectivity index (χ1v) is 6.24. The van der Waals surface area contributed by atoms with Crippen molar-refractivity contribution in [3.05, 3.63) is 29.3 Å². The van der Waals surface area contributed by atoms with Crippen molar-refractivity contribution in [3.8, 4) is 6.07 Å². The number of nitriles is 1. The topological polar surface area (TPSA) is 57.3 Å². The van der Waals surface area contributed by atoms with Crippen LogP contribution in [0.15, 0.2) is 24.3 Å². The van der Waals surface area contributed by atoms with Gasteiger partial charge in [-0.1, -0.05) is 23.7 Å². The van der Waals surface area contributed by atoms with Crippen LogP contribution >= 0.6 is 11.6 Å². The second-order valence-corrected chi connectivity index (χ2v) is 4.58. The van der Waals surface area contributed by atoms with E-state index in [2.05, 4.69) is 11.4 Å². The summed E-state index contributed by atoms with van der Waals surface area (Å²) in [5.41, 5.74) is 0.633. The van der Waals surface area contributed by atoms with Crippen LogP contribution in [0.25, 0.3) is 0 Å². The number of hydrogen-bond acceptors (Lipinski definition) is 2. The highest BCUT2D eigenvalue weighted by Crippen LogP contribution is 2.19. The highest BCUT2D eigenvalue weighted by atomic mass is 35.5. The fourth-order valence-electron chi connectivity index (χ4n) is 1.59. The average molecular weight is 267 g/mol. The molecule has 1 aromatic carbocycles. The molecule has 1 amide bonds. The fourth-order valence-corrected chi connectivity index (χ4v) is 1.77. The number of para-hydroxylation sites is 1. The van der Waals surface area contributed by atoms with Crippen LogP contribution < -0.4 is 10.2 Å². The molecule has 96 valence electrons. The summed E-state index contributed by atoms with van der Waals surface area (Å²) in [6, 6.07) is 9.24. The van der Waals surface area contributed by atoms with Gasteiger partial charge in [0.05, 0.1) is 30.4 Å². The van der Waals surface area contributed by atoms with Gasteiger partial charge >= 0.3 is 0 Å². The lowest BCUT2D eigenvalue weighted by atomic mass is 10.3. The van der Waals surface area contributed by atoms with E-state index in [4.69, 9.17) is 16.9 Å². The van der Waals surface area contributed by atoms with Crippen LogP contribution in [0, 0.1) is 11.3 Å². The zero-order chi connectivity index (χ0) is 13.4. The first kappa shape index (κ1) is 14.5. The largest absolute Gasteiger partial charge is 0.330 e. The maximum atomic E-state index is 11.8. The van der Waals surface area contributed by atoms with Gasteiger partial charge in [-0.2, -0.15) is 5.26 Å². The molecule has 4 nitrogen and oxygen atoms in total. The summed E-state index contributed by atoms with van der Waals surface area (Å²) in [7, 11) is 1.93. The van der Waals surface area contributed by atoms with Gasteiger partial charge in [-0.3, -0.25) is 4.79 Å². The van der Waals surface area contributed by atoms with Crippen molar-refractivity contribution in [2.75, 3.05) is 25.5 Å². The second-order valence-electron chi connectivity index (χ2n) is 4.17. The molecule has 0 aliphatic carbocycles. The number of nitrogens with zero attached hydrogens (tertiary/aromatic N) is 1. The second kappa shape index (κ2) is 7.70. The molecular weight excluding hydrogens is 250 g/mol. The quantitative estimate of drug-likeness (QED) is 0.758. The molecule has 0 heterocycles. The van der Waals surface area contributed by atoms with Gasteiger partial charge in [0.2, 0.25) is 0 Å². The fraction of sp³-hybridized carbons (Fsp3) is 0.385. The van der Waals surface area contributed by atoms with Crippen molar-refractivity contribution in [1.82, 2.24) is 0 Å². The number of hydrogen-bond donors (Lipinski definition) is 2. The van der Waals surface area contributed by atoms with Crippen molar-refractivity contribution >= 4 is 23.2 Å². The number of halogens is 1. The highest BCUT2D eigenvalue weighted by Gasteiger charge is 2.10. The van der Waals surface area contributed by atoms with Crippen LogP contribution in [0.2, 0.25) is 5.02 Å². The Morgan fingerprint density at radius 1 is 1.50 bits per heavy atom. The highest BCUT2D eigenvalue weighted by molar-refractivity contribution is 6.33. The third kappa shape index (κ3) is 5.17. The van der Waals surface area contributed by atoms with Crippen molar-refractivity contribution < 1.29 is 9.69 Å². The van der Waals surface area contributed by atoms with E-state index in [0.29, 0.717) is 23.7 Å². The average Bonchev–Trinajstić information content (AvgIpc) is 2.32. The smallest absolute Gasteiger partial charge is 0.279 e. The van der Waals surface area contributed by atoms with E-state index in [0.717, 1.165) is 17.9 Å². The molecule has 0 bridgehead atoms. The number of amides is 1. The van der Waals surface area contributed by atoms with Gasteiger partial charge in [-0.15, -0.1) is 0 Å². The lowest BCUT2D eigenvalue weighted by Crippen LogP contribution is -3.10. The summed E-state index contributed by atoms with van der Waals surface area (Å²) in [5, 5.41) is 11.7. The van der Waals surface area contributed by atoms with Gasteiger partial charge in [0.25, 0.3) is 5.91 Å². The summed E-state index contributed by atoms with van der Waals surface area (Å²) in [4.78, 5) is 12.8. The van der Waals surface area contributed by atoms with Crippen LogP contribution in [-0.2, 0) is 4.79 Å². The Morgan fingerprint density at radius 2 is 2.22 bits per heavy atom. The van der Waals surface area contributed by atoms with Crippen LogP contribution in [0.4, 0.5) is 5.69 Å². The molecule has 0 aromatic heterocycles. The minimum atomic E-state index is -0.0717. The molecule has 0 aliphatic heterocycles. The van der Waals surface area contributed by atoms with Gasteiger partial charge in [0, 0.05) is 12.8 Å². The van der Waals surface area contributed by atoms with Crippen LogP contribution in [0.5, 0.6) is 0 Å². The molecule has 1 rings (SSSR count). The van der Waals surface area contributed by atoms with E-state index >= 15 is 0 Å². The van der Waals surface area contributed by atoms with Crippen molar-refractivity contribution in [2.45, 2.75) is 12.8 Å². The predicted molar refractivity (Wildman–Crippen MR) is 71.5 cm³/mol. The number of quaternary nitrogens is 1. The number of nitrogens with one attached hydrogen (secondary N) is 2. The Bertz CT molecular complexity index is 442. The molecule has 0 saturated heterocycles.